The molecule has 2 aliphatic heterocycles. The van der Waals surface area contributed by atoms with E-state index in [2.05, 4.69) is 10.7 Å². The van der Waals surface area contributed by atoms with Gasteiger partial charge in [-0.25, -0.2) is 9.82 Å². The van der Waals surface area contributed by atoms with Gasteiger partial charge in [-0.05, 0) is 48.2 Å². The number of fused-ring (bicyclic) bond motifs is 1. The number of hydrogen-bond donors (Lipinski definition) is 2. The quantitative estimate of drug-likeness (QED) is 0.589. The molecule has 0 aliphatic carbocycles. The molecule has 0 saturated carbocycles. The first-order valence-electron chi connectivity index (χ1n) is 11.2. The molecule has 4 rings (SSSR count). The molecule has 180 valence electrons. The van der Waals surface area contributed by atoms with Crippen LogP contribution in [0.15, 0.2) is 54.9 Å². The summed E-state index contributed by atoms with van der Waals surface area (Å²) in [5.41, 5.74) is 5.24. The smallest absolute Gasteiger partial charge is 0.250 e. The number of carbonyl (C=O) groups excluding carboxylic acids is 2. The third-order valence-corrected chi connectivity index (χ3v) is 6.11. The molecule has 1 fully saturated rings. The van der Waals surface area contributed by atoms with Gasteiger partial charge in [0.15, 0.2) is 11.5 Å². The Kier molecular flexibility index (Phi) is 7.32. The number of hydrogen-bond acceptors (Lipinski definition) is 6. The van der Waals surface area contributed by atoms with E-state index in [1.807, 2.05) is 24.4 Å². The maximum atomic E-state index is 13.2. The molecule has 2 aliphatic rings. The number of amides is 2. The molecule has 1 saturated heterocycles. The molecule has 2 unspecified atom stereocenters. The van der Waals surface area contributed by atoms with Crippen LogP contribution in [0, 0.1) is 5.82 Å². The van der Waals surface area contributed by atoms with Crippen molar-refractivity contribution in [2.75, 3.05) is 27.3 Å². The third kappa shape index (κ3) is 5.31. The summed E-state index contributed by atoms with van der Waals surface area (Å²) < 4.78 is 23.8. The van der Waals surface area contributed by atoms with Gasteiger partial charge in [0.05, 0.1) is 20.3 Å². The highest BCUT2D eigenvalue weighted by atomic mass is 19.1. The summed E-state index contributed by atoms with van der Waals surface area (Å²) in [5.74, 6) is 0.854. The van der Waals surface area contributed by atoms with Crippen molar-refractivity contribution >= 4 is 11.8 Å². The molecule has 2 atom stereocenters. The Morgan fingerprint density at radius 2 is 1.88 bits per heavy atom. The summed E-state index contributed by atoms with van der Waals surface area (Å²) in [4.78, 5) is 26.9. The number of hydrazine groups is 1. The van der Waals surface area contributed by atoms with E-state index in [1.165, 1.54) is 12.1 Å². The Morgan fingerprint density at radius 1 is 1.12 bits per heavy atom. The predicted molar refractivity (Wildman–Crippen MR) is 124 cm³/mol. The minimum atomic E-state index is -0.354. The van der Waals surface area contributed by atoms with E-state index in [1.54, 1.807) is 42.5 Å². The van der Waals surface area contributed by atoms with Gasteiger partial charge in [-0.2, -0.15) is 0 Å². The van der Waals surface area contributed by atoms with E-state index in [0.29, 0.717) is 37.4 Å². The third-order valence-electron chi connectivity index (χ3n) is 6.11. The van der Waals surface area contributed by atoms with Crippen LogP contribution in [0.2, 0.25) is 0 Å². The number of ether oxygens (including phenoxy) is 2. The zero-order valence-corrected chi connectivity index (χ0v) is 19.3. The largest absolute Gasteiger partial charge is 0.493 e. The Balaban J connectivity index is 1.23. The van der Waals surface area contributed by atoms with Gasteiger partial charge in [0, 0.05) is 31.9 Å². The number of rotatable bonds is 9. The summed E-state index contributed by atoms with van der Waals surface area (Å²) in [6.07, 6.45) is 4.94. The van der Waals surface area contributed by atoms with Crippen molar-refractivity contribution < 1.29 is 23.5 Å². The van der Waals surface area contributed by atoms with E-state index in [4.69, 9.17) is 9.47 Å². The first-order chi connectivity index (χ1) is 16.5. The van der Waals surface area contributed by atoms with Crippen LogP contribution in [0.25, 0.3) is 0 Å². The second-order valence-corrected chi connectivity index (χ2v) is 8.26. The van der Waals surface area contributed by atoms with Crippen LogP contribution in [-0.4, -0.2) is 55.1 Å². The lowest BCUT2D eigenvalue weighted by Crippen LogP contribution is -2.48. The minimum absolute atomic E-state index is 0.0576. The van der Waals surface area contributed by atoms with Gasteiger partial charge in [-0.3, -0.25) is 9.59 Å². The highest BCUT2D eigenvalue weighted by Crippen LogP contribution is 2.31. The van der Waals surface area contributed by atoms with E-state index in [0.717, 1.165) is 11.1 Å². The Labute approximate surface area is 198 Å². The van der Waals surface area contributed by atoms with Crippen molar-refractivity contribution in [2.45, 2.75) is 31.3 Å². The number of carbonyl (C=O) groups is 2. The highest BCUT2D eigenvalue weighted by molar-refractivity contribution is 5.85. The maximum absolute atomic E-state index is 13.2. The van der Waals surface area contributed by atoms with Crippen LogP contribution in [0.5, 0.6) is 11.5 Å². The summed E-state index contributed by atoms with van der Waals surface area (Å²) in [6, 6.07) is 11.5. The molecular formula is C25H29FN4O4. The predicted octanol–water partition coefficient (Wildman–Crippen LogP) is 2.53. The zero-order chi connectivity index (χ0) is 24.1. The number of nitrogens with zero attached hydrogens (tertiary/aromatic N) is 2. The first kappa shape index (κ1) is 23.6. The lowest BCUT2D eigenvalue weighted by molar-refractivity contribution is -0.134. The minimum Gasteiger partial charge on any atom is -0.493 e. The fourth-order valence-electron chi connectivity index (χ4n) is 4.23. The van der Waals surface area contributed by atoms with Crippen LogP contribution < -0.4 is 20.2 Å². The molecule has 2 N–H and O–H groups in total. The molecule has 0 radical (unpaired) electrons. The van der Waals surface area contributed by atoms with E-state index < -0.39 is 0 Å². The van der Waals surface area contributed by atoms with E-state index >= 15 is 0 Å². The van der Waals surface area contributed by atoms with Crippen LogP contribution in [-0.2, 0) is 16.0 Å². The van der Waals surface area contributed by atoms with Crippen molar-refractivity contribution in [3.8, 4) is 11.5 Å². The summed E-state index contributed by atoms with van der Waals surface area (Å²) >= 11 is 0. The standard InChI is InChI=1S/C25H29FN4O4/c1-33-22-8-3-17(15-23(22)34-2)9-11-27-24(31)10-12-29-13-14-30-21(25(29)32)16-20(28-30)18-4-6-19(26)7-5-18/h3-8,13-15,20-21,28H,9-12,16H2,1-2H3,(H,27,31). The molecule has 9 heteroatoms. The van der Waals surface area contributed by atoms with Gasteiger partial charge in [0.2, 0.25) is 5.91 Å². The van der Waals surface area contributed by atoms with Gasteiger partial charge >= 0.3 is 0 Å². The first-order valence-corrected chi connectivity index (χ1v) is 11.2. The van der Waals surface area contributed by atoms with E-state index in [9.17, 15) is 14.0 Å². The average molecular weight is 469 g/mol. The molecule has 34 heavy (non-hydrogen) atoms. The van der Waals surface area contributed by atoms with E-state index in [-0.39, 0.29) is 36.1 Å². The normalized spacial score (nSPS) is 19.2. The van der Waals surface area contributed by atoms with Gasteiger partial charge in [0.1, 0.15) is 11.9 Å². The monoisotopic (exact) mass is 468 g/mol. The van der Waals surface area contributed by atoms with Crippen molar-refractivity contribution in [1.29, 1.82) is 0 Å². The Hall–Kier alpha value is -3.59. The highest BCUT2D eigenvalue weighted by Gasteiger charge is 2.39. The Morgan fingerprint density at radius 3 is 2.62 bits per heavy atom. The summed E-state index contributed by atoms with van der Waals surface area (Å²) in [5, 5.41) is 4.69. The zero-order valence-electron chi connectivity index (χ0n) is 19.3. The second kappa shape index (κ2) is 10.6. The molecule has 0 aromatic heterocycles. The number of benzene rings is 2. The van der Waals surface area contributed by atoms with Gasteiger partial charge < -0.3 is 24.7 Å². The lowest BCUT2D eigenvalue weighted by atomic mass is 10.0. The molecular weight excluding hydrogens is 439 g/mol. The van der Waals surface area contributed by atoms with Crippen molar-refractivity contribution in [2.24, 2.45) is 0 Å². The van der Waals surface area contributed by atoms with Gasteiger partial charge in [-0.1, -0.05) is 18.2 Å². The van der Waals surface area contributed by atoms with Crippen LogP contribution >= 0.6 is 0 Å². The number of halogens is 1. The summed E-state index contributed by atoms with van der Waals surface area (Å²) in [6.45, 7) is 0.793. The average Bonchev–Trinajstić information content (AvgIpc) is 3.29. The van der Waals surface area contributed by atoms with Gasteiger partial charge in [-0.15, -0.1) is 0 Å². The van der Waals surface area contributed by atoms with Gasteiger partial charge in [0.25, 0.3) is 5.91 Å². The van der Waals surface area contributed by atoms with Crippen LogP contribution in [0.3, 0.4) is 0 Å². The SMILES string of the molecule is COc1ccc(CCNC(=O)CCN2C=CN3NC(c4ccc(F)cc4)CC3C2=O)cc1OC. The van der Waals surface area contributed by atoms with Crippen molar-refractivity contribution in [3.63, 3.8) is 0 Å². The molecule has 2 aromatic rings. The maximum Gasteiger partial charge on any atom is 0.250 e. The molecule has 0 spiro atoms. The topological polar surface area (TPSA) is 83.1 Å². The molecule has 2 heterocycles. The molecule has 8 nitrogen and oxygen atoms in total. The van der Waals surface area contributed by atoms with Crippen molar-refractivity contribution in [1.82, 2.24) is 20.7 Å². The second-order valence-electron chi connectivity index (χ2n) is 8.26. The van der Waals surface area contributed by atoms with Crippen LogP contribution in [0.1, 0.15) is 30.0 Å². The lowest BCUT2D eigenvalue weighted by Gasteiger charge is -2.31. The molecule has 2 amide bonds. The number of methoxy groups -OCH3 is 2. The summed E-state index contributed by atoms with van der Waals surface area (Å²) in [7, 11) is 3.17. The van der Waals surface area contributed by atoms with Crippen molar-refractivity contribution in [3.05, 3.63) is 71.8 Å². The molecule has 0 bridgehead atoms. The fraction of sp³-hybridized carbons (Fsp3) is 0.360. The fourth-order valence-corrected chi connectivity index (χ4v) is 4.23. The molecule has 2 aromatic carbocycles. The Bertz CT molecular complexity index is 1060. The van der Waals surface area contributed by atoms with Crippen LogP contribution in [0.4, 0.5) is 4.39 Å². The number of nitrogens with one attached hydrogen (secondary N) is 2.